The number of anilines is 2. The Hall–Kier alpha value is -3.25. The smallest absolute Gasteiger partial charge is 0.410 e. The van der Waals surface area contributed by atoms with Gasteiger partial charge in [0.1, 0.15) is 11.9 Å². The Kier molecular flexibility index (Phi) is 5.64. The molecule has 2 saturated carbocycles. The second-order valence-electron chi connectivity index (χ2n) is 9.53. The first-order chi connectivity index (χ1) is 16.3. The molecule has 1 aromatic carbocycles. The van der Waals surface area contributed by atoms with E-state index in [1.807, 2.05) is 11.8 Å². The molecule has 2 aromatic rings. The number of carbonyl (C=O) groups is 1. The number of nitrogens with one attached hydrogen (secondary N) is 1. The summed E-state index contributed by atoms with van der Waals surface area (Å²) < 4.78 is 17.3. The maximum atomic E-state index is 12.4. The number of piperidine rings is 1. The lowest BCUT2D eigenvalue weighted by Gasteiger charge is -2.31. The Bertz CT molecular complexity index is 1160. The van der Waals surface area contributed by atoms with Gasteiger partial charge < -0.3 is 24.4 Å². The van der Waals surface area contributed by atoms with E-state index >= 15 is 0 Å². The predicted molar refractivity (Wildman–Crippen MR) is 126 cm³/mol. The summed E-state index contributed by atoms with van der Waals surface area (Å²) in [6.07, 6.45) is 4.98. The summed E-state index contributed by atoms with van der Waals surface area (Å²) in [5.74, 6) is 1.53. The maximum Gasteiger partial charge on any atom is 0.410 e. The van der Waals surface area contributed by atoms with Crippen molar-refractivity contribution < 1.29 is 19.0 Å². The number of benzene rings is 1. The van der Waals surface area contributed by atoms with Gasteiger partial charge in [-0.2, -0.15) is 4.98 Å². The van der Waals surface area contributed by atoms with Crippen LogP contribution in [0.4, 0.5) is 22.0 Å². The van der Waals surface area contributed by atoms with Crippen molar-refractivity contribution in [1.29, 1.82) is 0 Å². The minimum absolute atomic E-state index is 0.0444. The highest BCUT2D eigenvalue weighted by atomic mass is 35.5. The van der Waals surface area contributed by atoms with Crippen LogP contribution in [0.1, 0.15) is 32.6 Å². The summed E-state index contributed by atoms with van der Waals surface area (Å²) in [6.45, 7) is 11.0. The molecule has 2 aliphatic carbocycles. The zero-order chi connectivity index (χ0) is 23.9. The quantitative estimate of drug-likeness (QED) is 0.540. The van der Waals surface area contributed by atoms with Gasteiger partial charge in [-0.1, -0.05) is 17.7 Å². The molecule has 0 bridgehead atoms. The summed E-state index contributed by atoms with van der Waals surface area (Å²) in [5, 5.41) is 3.53. The van der Waals surface area contributed by atoms with Gasteiger partial charge in [0, 0.05) is 18.5 Å². The number of methoxy groups -OCH3 is 1. The summed E-state index contributed by atoms with van der Waals surface area (Å²) in [7, 11) is 1.53. The summed E-state index contributed by atoms with van der Waals surface area (Å²) in [4.78, 5) is 26.2. The molecule has 10 heteroatoms. The Labute approximate surface area is 203 Å². The lowest BCUT2D eigenvalue weighted by Crippen LogP contribution is -2.42. The van der Waals surface area contributed by atoms with Crippen molar-refractivity contribution in [2.75, 3.05) is 32.1 Å². The Morgan fingerprint density at radius 2 is 2.18 bits per heavy atom. The van der Waals surface area contributed by atoms with Crippen LogP contribution in [0.3, 0.4) is 0 Å². The van der Waals surface area contributed by atoms with Crippen LogP contribution >= 0.6 is 11.6 Å². The molecule has 0 radical (unpaired) electrons. The average molecular weight is 484 g/mol. The number of hydrogen-bond donors (Lipinski definition) is 1. The molecule has 1 amide bonds. The summed E-state index contributed by atoms with van der Waals surface area (Å²) >= 11 is 6.29. The molecule has 1 aromatic heterocycles. The molecule has 34 heavy (non-hydrogen) atoms. The van der Waals surface area contributed by atoms with E-state index in [1.165, 1.54) is 13.4 Å². The molecule has 178 valence electrons. The number of hydrogen-bond acceptors (Lipinski definition) is 7. The molecular formula is C24H26ClN5O4. The minimum Gasteiger partial charge on any atom is -0.489 e. The molecular weight excluding hydrogens is 458 g/mol. The zero-order valence-electron chi connectivity index (χ0n) is 19.1. The molecule has 1 N–H and O–H groups in total. The average Bonchev–Trinajstić information content (AvgIpc) is 3.74. The Balaban J connectivity index is 1.22. The molecule has 0 spiro atoms. The lowest BCUT2D eigenvalue weighted by atomic mass is 9.96. The number of fused-ring (bicyclic) bond motifs is 1. The first kappa shape index (κ1) is 22.5. The van der Waals surface area contributed by atoms with Gasteiger partial charge in [-0.15, -0.1) is 0 Å². The van der Waals surface area contributed by atoms with E-state index in [4.69, 9.17) is 32.4 Å². The molecule has 1 saturated heterocycles. The second-order valence-corrected chi connectivity index (χ2v) is 9.93. The number of rotatable bonds is 7. The van der Waals surface area contributed by atoms with Crippen molar-refractivity contribution in [2.45, 2.75) is 38.2 Å². The third-order valence-electron chi connectivity index (χ3n) is 7.03. The maximum absolute atomic E-state index is 12.4. The van der Waals surface area contributed by atoms with Crippen molar-refractivity contribution in [1.82, 2.24) is 14.9 Å². The first-order valence-corrected chi connectivity index (χ1v) is 11.7. The van der Waals surface area contributed by atoms with Gasteiger partial charge in [-0.3, -0.25) is 0 Å². The molecule has 3 aliphatic rings. The highest BCUT2D eigenvalue weighted by molar-refractivity contribution is 6.33. The lowest BCUT2D eigenvalue weighted by molar-refractivity contribution is 0.0438. The van der Waals surface area contributed by atoms with Crippen LogP contribution in [0.2, 0.25) is 5.02 Å². The van der Waals surface area contributed by atoms with Gasteiger partial charge in [-0.05, 0) is 50.7 Å². The van der Waals surface area contributed by atoms with Gasteiger partial charge in [0.2, 0.25) is 5.75 Å². The van der Waals surface area contributed by atoms with Crippen molar-refractivity contribution in [2.24, 2.45) is 11.3 Å². The fourth-order valence-electron chi connectivity index (χ4n) is 4.43. The van der Waals surface area contributed by atoms with Gasteiger partial charge >= 0.3 is 6.09 Å². The molecule has 9 nitrogen and oxygen atoms in total. The van der Waals surface area contributed by atoms with Crippen LogP contribution in [0, 0.1) is 17.9 Å². The number of carbonyl (C=O) groups excluding carboxylic acids is 1. The van der Waals surface area contributed by atoms with Crippen LogP contribution in [0.5, 0.6) is 11.6 Å². The minimum atomic E-state index is -0.253. The number of likely N-dealkylation sites (tertiary alicyclic amines) is 1. The molecule has 2 atom stereocenters. The molecule has 3 fully saturated rings. The SMILES string of the molecule is [C-]#[N+]c1ccc(Nc2ncnc(OCC34CCN(C(=O)OC5(C)CC5)CC3C4)c2OC)c(Cl)c1. The third kappa shape index (κ3) is 4.42. The van der Waals surface area contributed by atoms with Crippen LogP contribution < -0.4 is 14.8 Å². The highest BCUT2D eigenvalue weighted by Crippen LogP contribution is 2.58. The van der Waals surface area contributed by atoms with Crippen LogP contribution in [0.25, 0.3) is 4.85 Å². The second kappa shape index (κ2) is 8.51. The van der Waals surface area contributed by atoms with Gasteiger partial charge in [0.25, 0.3) is 5.88 Å². The number of ether oxygens (including phenoxy) is 3. The monoisotopic (exact) mass is 483 g/mol. The normalized spacial score (nSPS) is 23.8. The standard InChI is InChI=1S/C24H26ClN5O4/c1-23(6-7-23)34-22(31)30-9-8-24(11-15(24)12-30)13-33-21-19(32-3)20(27-14-28-21)29-18-5-4-16(26-2)10-17(18)25/h4-5,10,14-15H,6-9,11-13H2,1,3H3,(H,27,28,29). The molecule has 2 heterocycles. The number of halogens is 1. The van der Waals surface area contributed by atoms with Crippen LogP contribution in [0.15, 0.2) is 24.5 Å². The van der Waals surface area contributed by atoms with E-state index in [0.717, 1.165) is 25.7 Å². The molecule has 2 unspecified atom stereocenters. The summed E-state index contributed by atoms with van der Waals surface area (Å²) in [5.41, 5.74) is 0.838. The topological polar surface area (TPSA) is 90.2 Å². The molecule has 1 aliphatic heterocycles. The van der Waals surface area contributed by atoms with Crippen LogP contribution in [-0.4, -0.2) is 53.4 Å². The largest absolute Gasteiger partial charge is 0.489 e. The zero-order valence-corrected chi connectivity index (χ0v) is 19.9. The van der Waals surface area contributed by atoms with Crippen molar-refractivity contribution >= 4 is 34.9 Å². The fourth-order valence-corrected chi connectivity index (χ4v) is 4.65. The number of nitrogens with zero attached hydrogens (tertiary/aromatic N) is 4. The summed E-state index contributed by atoms with van der Waals surface area (Å²) in [6, 6.07) is 4.97. The van der Waals surface area contributed by atoms with Gasteiger partial charge in [-0.25, -0.2) is 14.6 Å². The van der Waals surface area contributed by atoms with Gasteiger partial charge in [0.15, 0.2) is 11.5 Å². The van der Waals surface area contributed by atoms with E-state index in [1.54, 1.807) is 18.2 Å². The van der Waals surface area contributed by atoms with E-state index in [-0.39, 0.29) is 17.1 Å². The Morgan fingerprint density at radius 1 is 1.35 bits per heavy atom. The van der Waals surface area contributed by atoms with E-state index < -0.39 is 0 Å². The predicted octanol–water partition coefficient (Wildman–Crippen LogP) is 5.21. The third-order valence-corrected chi connectivity index (χ3v) is 7.34. The van der Waals surface area contributed by atoms with Crippen molar-refractivity contribution in [3.05, 3.63) is 41.0 Å². The first-order valence-electron chi connectivity index (χ1n) is 11.3. The molecule has 5 rings (SSSR count). The van der Waals surface area contributed by atoms with Crippen LogP contribution in [-0.2, 0) is 4.74 Å². The number of amides is 1. The van der Waals surface area contributed by atoms with Gasteiger partial charge in [0.05, 0.1) is 31.0 Å². The van der Waals surface area contributed by atoms with E-state index in [9.17, 15) is 4.79 Å². The van der Waals surface area contributed by atoms with Crippen molar-refractivity contribution in [3.8, 4) is 11.6 Å². The van der Waals surface area contributed by atoms with E-state index in [0.29, 0.717) is 59.5 Å². The Morgan fingerprint density at radius 3 is 2.85 bits per heavy atom. The van der Waals surface area contributed by atoms with Crippen molar-refractivity contribution in [3.63, 3.8) is 0 Å². The van der Waals surface area contributed by atoms with E-state index in [2.05, 4.69) is 20.1 Å². The fraction of sp³-hybridized carbons (Fsp3) is 0.500. The number of aromatic nitrogens is 2. The highest BCUT2D eigenvalue weighted by Gasteiger charge is 2.58.